The lowest BCUT2D eigenvalue weighted by Crippen LogP contribution is -2.12. The predicted molar refractivity (Wildman–Crippen MR) is 118 cm³/mol. The van der Waals surface area contributed by atoms with Crippen LogP contribution in [-0.2, 0) is 16.1 Å². The Morgan fingerprint density at radius 3 is 2.86 bits per heavy atom. The first kappa shape index (κ1) is 19.2. The lowest BCUT2D eigenvalue weighted by molar-refractivity contribution is -0.143. The fraction of sp³-hybridized carbons (Fsp3) is 0.136. The summed E-state index contributed by atoms with van der Waals surface area (Å²) in [6.45, 7) is 2.27. The number of rotatable bonds is 6. The van der Waals surface area contributed by atoms with Crippen LogP contribution >= 0.6 is 23.1 Å². The molecule has 144 valence electrons. The van der Waals surface area contributed by atoms with Gasteiger partial charge in [-0.1, -0.05) is 30.3 Å². The molecule has 0 amide bonds. The van der Waals surface area contributed by atoms with E-state index in [0.29, 0.717) is 11.5 Å². The van der Waals surface area contributed by atoms with Crippen molar-refractivity contribution in [2.75, 3.05) is 6.61 Å². The van der Waals surface area contributed by atoms with Gasteiger partial charge < -0.3 is 9.30 Å². The van der Waals surface area contributed by atoms with Gasteiger partial charge in [0.1, 0.15) is 12.6 Å². The van der Waals surface area contributed by atoms with Crippen LogP contribution in [0.4, 0.5) is 0 Å². The lowest BCUT2D eigenvalue weighted by Gasteiger charge is -2.04. The first-order chi connectivity index (χ1) is 14.2. The zero-order valence-corrected chi connectivity index (χ0v) is 17.3. The van der Waals surface area contributed by atoms with Gasteiger partial charge in [-0.05, 0) is 43.0 Å². The number of nitriles is 1. The molecule has 2 aromatic heterocycles. The Labute approximate surface area is 176 Å². The van der Waals surface area contributed by atoms with Crippen molar-refractivity contribution in [1.29, 1.82) is 5.26 Å². The van der Waals surface area contributed by atoms with Crippen LogP contribution in [0, 0.1) is 11.3 Å². The van der Waals surface area contributed by atoms with Gasteiger partial charge in [0.15, 0.2) is 4.34 Å². The molecular formula is C22H17N3O2S2. The summed E-state index contributed by atoms with van der Waals surface area (Å²) in [5.41, 5.74) is 2.74. The third-order valence-corrected chi connectivity index (χ3v) is 6.32. The second-order valence-electron chi connectivity index (χ2n) is 6.20. The molecule has 4 aromatic rings. The Hall–Kier alpha value is -3.08. The first-order valence-corrected chi connectivity index (χ1v) is 10.7. The summed E-state index contributed by atoms with van der Waals surface area (Å²) >= 11 is 2.92. The molecule has 0 aliphatic carbocycles. The number of fused-ring (bicyclic) bond motifs is 2. The number of ether oxygens (including phenoxy) is 1. The molecule has 7 heteroatoms. The Morgan fingerprint density at radius 2 is 2.07 bits per heavy atom. The maximum absolute atomic E-state index is 11.9. The molecule has 0 saturated heterocycles. The fourth-order valence-corrected chi connectivity index (χ4v) is 5.05. The van der Waals surface area contributed by atoms with Crippen LogP contribution in [0.1, 0.15) is 12.5 Å². The summed E-state index contributed by atoms with van der Waals surface area (Å²) in [6, 6.07) is 18.0. The molecule has 0 aliphatic rings. The third kappa shape index (κ3) is 4.19. The molecule has 0 fully saturated rings. The van der Waals surface area contributed by atoms with E-state index in [4.69, 9.17) is 4.74 Å². The second-order valence-corrected chi connectivity index (χ2v) is 8.52. The number of nitrogens with zero attached hydrogens (tertiary/aromatic N) is 3. The SMILES string of the molecule is CCOC(=O)Cn1cc(/C=C(/C#N)Sc2nc3ccccc3s2)c2ccccc21. The number of benzene rings is 2. The van der Waals surface area contributed by atoms with E-state index < -0.39 is 0 Å². The number of aromatic nitrogens is 2. The number of esters is 1. The number of allylic oxidation sites excluding steroid dienone is 1. The van der Waals surface area contributed by atoms with E-state index in [-0.39, 0.29) is 12.5 Å². The summed E-state index contributed by atoms with van der Waals surface area (Å²) in [5.74, 6) is -0.284. The zero-order valence-electron chi connectivity index (χ0n) is 15.7. The van der Waals surface area contributed by atoms with Gasteiger partial charge >= 0.3 is 5.97 Å². The highest BCUT2D eigenvalue weighted by Gasteiger charge is 2.12. The number of thiazole rings is 1. The number of hydrogen-bond donors (Lipinski definition) is 0. The summed E-state index contributed by atoms with van der Waals surface area (Å²) in [6.07, 6.45) is 3.73. The number of thioether (sulfide) groups is 1. The lowest BCUT2D eigenvalue weighted by atomic mass is 10.1. The Morgan fingerprint density at radius 1 is 1.28 bits per heavy atom. The number of carbonyl (C=O) groups excluding carboxylic acids is 1. The van der Waals surface area contributed by atoms with E-state index in [1.54, 1.807) is 18.3 Å². The smallest absolute Gasteiger partial charge is 0.325 e. The van der Waals surface area contributed by atoms with Crippen molar-refractivity contribution in [2.45, 2.75) is 17.8 Å². The van der Waals surface area contributed by atoms with Crippen LogP contribution in [0.2, 0.25) is 0 Å². The minimum atomic E-state index is -0.284. The maximum atomic E-state index is 11.9. The van der Waals surface area contributed by atoms with Crippen molar-refractivity contribution in [2.24, 2.45) is 0 Å². The standard InChI is InChI=1S/C22H17N3O2S2/c1-2-27-21(26)14-25-13-15(17-7-3-5-9-19(17)25)11-16(12-23)28-22-24-18-8-4-6-10-20(18)29-22/h3-11,13H,2,14H2,1H3/b16-11-. The number of hydrogen-bond acceptors (Lipinski definition) is 6. The molecule has 0 atom stereocenters. The van der Waals surface area contributed by atoms with Crippen LogP contribution < -0.4 is 0 Å². The number of para-hydroxylation sites is 2. The summed E-state index contributed by atoms with van der Waals surface area (Å²) in [4.78, 5) is 17.1. The van der Waals surface area contributed by atoms with Gasteiger partial charge in [0.05, 0.1) is 21.7 Å². The molecule has 0 N–H and O–H groups in total. The molecular weight excluding hydrogens is 402 g/mol. The highest BCUT2D eigenvalue weighted by Crippen LogP contribution is 2.35. The van der Waals surface area contributed by atoms with Gasteiger partial charge in [-0.3, -0.25) is 4.79 Å². The van der Waals surface area contributed by atoms with Crippen LogP contribution in [-0.4, -0.2) is 22.1 Å². The van der Waals surface area contributed by atoms with Gasteiger partial charge in [0, 0.05) is 22.7 Å². The maximum Gasteiger partial charge on any atom is 0.325 e. The van der Waals surface area contributed by atoms with Crippen molar-refractivity contribution in [3.63, 3.8) is 0 Å². The first-order valence-electron chi connectivity index (χ1n) is 9.06. The fourth-order valence-electron chi connectivity index (χ4n) is 3.08. The van der Waals surface area contributed by atoms with Crippen molar-refractivity contribution in [1.82, 2.24) is 9.55 Å². The van der Waals surface area contributed by atoms with E-state index in [1.165, 1.54) is 11.8 Å². The topological polar surface area (TPSA) is 67.9 Å². The highest BCUT2D eigenvalue weighted by molar-refractivity contribution is 8.05. The average Bonchev–Trinajstić information content (AvgIpc) is 3.29. The van der Waals surface area contributed by atoms with Crippen LogP contribution in [0.15, 0.2) is 64.0 Å². The quantitative estimate of drug-likeness (QED) is 0.235. The van der Waals surface area contributed by atoms with Crippen LogP contribution in [0.3, 0.4) is 0 Å². The molecule has 4 rings (SSSR count). The minimum absolute atomic E-state index is 0.134. The molecule has 0 spiro atoms. The minimum Gasteiger partial charge on any atom is -0.465 e. The molecule has 0 aliphatic heterocycles. The molecule has 5 nitrogen and oxygen atoms in total. The van der Waals surface area contributed by atoms with Gasteiger partial charge in [-0.2, -0.15) is 5.26 Å². The molecule has 2 aromatic carbocycles. The Kier molecular flexibility index (Phi) is 5.65. The third-order valence-electron chi connectivity index (χ3n) is 4.29. The van der Waals surface area contributed by atoms with Crippen molar-refractivity contribution in [3.8, 4) is 6.07 Å². The largest absolute Gasteiger partial charge is 0.465 e. The zero-order chi connectivity index (χ0) is 20.2. The monoisotopic (exact) mass is 419 g/mol. The van der Waals surface area contributed by atoms with E-state index in [1.807, 2.05) is 65.4 Å². The molecule has 0 unspecified atom stereocenters. The van der Waals surface area contributed by atoms with Crippen molar-refractivity contribution < 1.29 is 9.53 Å². The van der Waals surface area contributed by atoms with Crippen LogP contribution in [0.5, 0.6) is 0 Å². The molecule has 0 radical (unpaired) electrons. The molecule has 2 heterocycles. The summed E-state index contributed by atoms with van der Waals surface area (Å²) in [7, 11) is 0. The molecule has 0 bridgehead atoms. The highest BCUT2D eigenvalue weighted by atomic mass is 32.2. The second kappa shape index (κ2) is 8.52. The van der Waals surface area contributed by atoms with Gasteiger partial charge in [0.25, 0.3) is 0 Å². The summed E-state index contributed by atoms with van der Waals surface area (Å²) in [5, 5.41) is 10.7. The number of carbonyl (C=O) groups is 1. The van der Waals surface area contributed by atoms with E-state index >= 15 is 0 Å². The molecule has 0 saturated carbocycles. The Balaban J connectivity index is 1.68. The van der Waals surface area contributed by atoms with E-state index in [9.17, 15) is 10.1 Å². The van der Waals surface area contributed by atoms with Crippen molar-refractivity contribution >= 4 is 56.3 Å². The summed E-state index contributed by atoms with van der Waals surface area (Å²) < 4.78 is 8.86. The van der Waals surface area contributed by atoms with Gasteiger partial charge in [0.2, 0.25) is 0 Å². The normalized spacial score (nSPS) is 11.7. The van der Waals surface area contributed by atoms with Crippen molar-refractivity contribution in [3.05, 3.63) is 65.2 Å². The molecule has 29 heavy (non-hydrogen) atoms. The predicted octanol–water partition coefficient (Wildman–Crippen LogP) is 5.47. The van der Waals surface area contributed by atoms with Gasteiger partial charge in [-0.25, -0.2) is 4.98 Å². The Bertz CT molecular complexity index is 1230. The van der Waals surface area contributed by atoms with Crippen LogP contribution in [0.25, 0.3) is 27.2 Å². The van der Waals surface area contributed by atoms with E-state index in [0.717, 1.165) is 31.0 Å². The average molecular weight is 420 g/mol. The van der Waals surface area contributed by atoms with Gasteiger partial charge in [-0.15, -0.1) is 11.3 Å². The van der Waals surface area contributed by atoms with E-state index in [2.05, 4.69) is 11.1 Å².